The minimum Gasteiger partial charge on any atom is -0.460 e. The first-order chi connectivity index (χ1) is 32.4. The van der Waals surface area contributed by atoms with Crippen LogP contribution in [0.2, 0.25) is 0 Å². The second-order valence-corrected chi connectivity index (χ2v) is 23.6. The number of aliphatic hydroxyl groups is 2. The number of amides is 1. The monoisotopic (exact) mass is 990 g/mol. The number of esters is 1. The van der Waals surface area contributed by atoms with Crippen LogP contribution in [0.15, 0.2) is 47.6 Å². The first-order valence-electron chi connectivity index (χ1n) is 25.2. The number of fused-ring (bicyclic) bond motifs is 3. The largest absolute Gasteiger partial charge is 0.460 e. The Morgan fingerprint density at radius 1 is 0.855 bits per heavy atom. The fourth-order valence-corrected chi connectivity index (χ4v) is 11.4. The molecule has 3 aliphatic heterocycles. The lowest BCUT2D eigenvalue weighted by Gasteiger charge is -2.42. The van der Waals surface area contributed by atoms with Gasteiger partial charge in [-0.3, -0.25) is 23.7 Å². The topological polar surface area (TPSA) is 201 Å². The van der Waals surface area contributed by atoms with Crippen LogP contribution < -0.4 is 0 Å². The molecule has 15 nitrogen and oxygen atoms in total. The number of Topliss-reactive ketones (excluding diaryl/α,β-unsaturated/α-hetero) is 3. The molecular formula is C53H84NO14P. The van der Waals surface area contributed by atoms with Crippen molar-refractivity contribution in [2.24, 2.45) is 35.5 Å². The highest BCUT2D eigenvalue weighted by Gasteiger charge is 2.53. The SMILES string of the molecule is COC1CC2CCC(C)C(O)(O2)C(=O)C(=O)N2CCCCC2C(=O)OC(C(C)CC2CCC(OP(C)(C)=O)C(OC)C2)CC(=O)C(C)/C=C(\C)C(O)C(OC)C(=O)C(C)CC(C)\C=C/C=C/C=C/1C. The van der Waals surface area contributed by atoms with Crippen molar-refractivity contribution in [3.8, 4) is 0 Å². The summed E-state index contributed by atoms with van der Waals surface area (Å²) in [6.07, 6.45) is 11.4. The number of carbonyl (C=O) groups is 5. The summed E-state index contributed by atoms with van der Waals surface area (Å²) in [5.74, 6) is -8.11. The van der Waals surface area contributed by atoms with E-state index in [1.165, 1.54) is 12.0 Å². The number of hydrogen-bond acceptors (Lipinski definition) is 14. The van der Waals surface area contributed by atoms with Gasteiger partial charge < -0.3 is 43.3 Å². The van der Waals surface area contributed by atoms with Crippen LogP contribution in [-0.2, 0) is 56.7 Å². The van der Waals surface area contributed by atoms with Crippen LogP contribution >= 0.6 is 7.37 Å². The molecule has 2 saturated heterocycles. The molecule has 4 rings (SSSR count). The van der Waals surface area contributed by atoms with Crippen molar-refractivity contribution in [3.05, 3.63) is 47.6 Å². The molecule has 16 heteroatoms. The summed E-state index contributed by atoms with van der Waals surface area (Å²) >= 11 is 0. The minimum absolute atomic E-state index is 0.0117. The van der Waals surface area contributed by atoms with Crippen molar-refractivity contribution < 1.29 is 67.0 Å². The van der Waals surface area contributed by atoms with Gasteiger partial charge in [-0.2, -0.15) is 0 Å². The first kappa shape index (κ1) is 58.4. The van der Waals surface area contributed by atoms with Crippen molar-refractivity contribution in [2.75, 3.05) is 41.2 Å². The highest BCUT2D eigenvalue weighted by Crippen LogP contribution is 2.45. The fraction of sp³-hybridized carbons (Fsp3) is 0.755. The Kier molecular flexibility index (Phi) is 22.5. The molecule has 390 valence electrons. The Morgan fingerprint density at radius 2 is 1.57 bits per heavy atom. The van der Waals surface area contributed by atoms with E-state index in [2.05, 4.69) is 0 Å². The molecule has 69 heavy (non-hydrogen) atoms. The van der Waals surface area contributed by atoms with E-state index in [0.29, 0.717) is 63.4 Å². The maximum Gasteiger partial charge on any atom is 0.329 e. The minimum atomic E-state index is -2.79. The van der Waals surface area contributed by atoms with Gasteiger partial charge in [0.25, 0.3) is 11.7 Å². The zero-order valence-electron chi connectivity index (χ0n) is 43.4. The third-order valence-electron chi connectivity index (χ3n) is 14.8. The summed E-state index contributed by atoms with van der Waals surface area (Å²) in [5.41, 5.74) is 1.25. The number of hydrogen-bond donors (Lipinski definition) is 2. The van der Waals surface area contributed by atoms with Crippen LogP contribution in [0.5, 0.6) is 0 Å². The van der Waals surface area contributed by atoms with Crippen molar-refractivity contribution in [1.29, 1.82) is 0 Å². The fourth-order valence-electron chi connectivity index (χ4n) is 10.5. The Hall–Kier alpha value is -3.14. The number of ketones is 3. The smallest absolute Gasteiger partial charge is 0.329 e. The normalized spacial score (nSPS) is 39.0. The maximum absolute atomic E-state index is 14.5. The number of methoxy groups -OCH3 is 3. The van der Waals surface area contributed by atoms with Gasteiger partial charge in [-0.05, 0) is 107 Å². The van der Waals surface area contributed by atoms with E-state index in [1.54, 1.807) is 54.4 Å². The van der Waals surface area contributed by atoms with Crippen LogP contribution in [0.3, 0.4) is 0 Å². The molecule has 1 amide bonds. The third kappa shape index (κ3) is 16.2. The lowest BCUT2D eigenvalue weighted by molar-refractivity contribution is -0.265. The molecule has 1 saturated carbocycles. The maximum atomic E-state index is 14.5. The molecule has 15 atom stereocenters. The van der Waals surface area contributed by atoms with E-state index in [-0.39, 0.29) is 60.9 Å². The summed E-state index contributed by atoms with van der Waals surface area (Å²) in [7, 11) is 1.76. The number of piperidine rings is 1. The second kappa shape index (κ2) is 26.5. The molecule has 2 N–H and O–H groups in total. The molecule has 15 unspecified atom stereocenters. The van der Waals surface area contributed by atoms with Crippen molar-refractivity contribution in [1.82, 2.24) is 4.90 Å². The summed E-state index contributed by atoms with van der Waals surface area (Å²) in [6, 6.07) is -1.16. The number of ether oxygens (including phenoxy) is 5. The highest BCUT2D eigenvalue weighted by molar-refractivity contribution is 7.57. The van der Waals surface area contributed by atoms with Gasteiger partial charge in [0.15, 0.2) is 13.2 Å². The number of rotatable bonds is 8. The third-order valence-corrected chi connectivity index (χ3v) is 15.6. The van der Waals surface area contributed by atoms with E-state index in [0.717, 1.165) is 12.0 Å². The predicted molar refractivity (Wildman–Crippen MR) is 263 cm³/mol. The quantitative estimate of drug-likeness (QED) is 0.104. The van der Waals surface area contributed by atoms with Gasteiger partial charge in [-0.1, -0.05) is 71.1 Å². The molecule has 0 aromatic heterocycles. The standard InChI is InChI=1S/C53H84NO14P/c1-32-18-14-13-15-19-33(2)44(63-8)30-40-23-21-38(7)53(61,67-40)50(58)51(59)54-25-17-16-20-41(54)52(60)66-45(35(4)28-39-22-24-43(46(29-39)64-9)68-69(11,12)62)31-42(55)34(3)27-37(6)48(57)49(65-10)47(56)36(5)26-32/h13-15,18-19,27,32,34-36,38-41,43-46,48-49,57,61H,16-17,20-26,28-31H2,1-12H3/b15-13+,18-14-,33-19+,37-27+. The van der Waals surface area contributed by atoms with Gasteiger partial charge >= 0.3 is 5.97 Å². The molecule has 3 fully saturated rings. The molecule has 0 radical (unpaired) electrons. The van der Waals surface area contributed by atoms with Gasteiger partial charge in [-0.15, -0.1) is 0 Å². The predicted octanol–water partition coefficient (Wildman–Crippen LogP) is 7.74. The van der Waals surface area contributed by atoms with Crippen LogP contribution in [-0.4, -0.2) is 140 Å². The summed E-state index contributed by atoms with van der Waals surface area (Å²) in [4.78, 5) is 72.2. The molecule has 2 bridgehead atoms. The Morgan fingerprint density at radius 3 is 2.22 bits per heavy atom. The van der Waals surface area contributed by atoms with E-state index in [1.807, 2.05) is 58.1 Å². The number of carbonyl (C=O) groups excluding carboxylic acids is 5. The molecule has 1 aliphatic carbocycles. The van der Waals surface area contributed by atoms with E-state index < -0.39 is 85.1 Å². The molecule has 0 spiro atoms. The zero-order chi connectivity index (χ0) is 51.4. The van der Waals surface area contributed by atoms with E-state index in [4.69, 9.17) is 28.2 Å². The van der Waals surface area contributed by atoms with Gasteiger partial charge in [-0.25, -0.2) is 4.79 Å². The lowest BCUT2D eigenvalue weighted by atomic mass is 9.78. The van der Waals surface area contributed by atoms with E-state index in [9.17, 15) is 38.8 Å². The first-order valence-corrected chi connectivity index (χ1v) is 27.7. The lowest BCUT2D eigenvalue weighted by Crippen LogP contribution is -2.61. The number of allylic oxidation sites excluding steroid dienone is 6. The van der Waals surface area contributed by atoms with Crippen molar-refractivity contribution in [3.63, 3.8) is 0 Å². The van der Waals surface area contributed by atoms with Gasteiger partial charge in [0.05, 0.1) is 24.4 Å². The number of nitrogens with zero attached hydrogens (tertiary/aromatic N) is 1. The van der Waals surface area contributed by atoms with Gasteiger partial charge in [0, 0.05) is 71.8 Å². The molecule has 0 aromatic rings. The van der Waals surface area contributed by atoms with Crippen LogP contribution in [0.25, 0.3) is 0 Å². The Bertz CT molecular complexity index is 1940. The van der Waals surface area contributed by atoms with Gasteiger partial charge in [0.2, 0.25) is 5.79 Å². The van der Waals surface area contributed by atoms with Crippen molar-refractivity contribution >= 4 is 36.6 Å². The van der Waals surface area contributed by atoms with Crippen LogP contribution in [0.1, 0.15) is 126 Å². The Balaban J connectivity index is 1.70. The average Bonchev–Trinajstić information content (AvgIpc) is 3.30. The number of aliphatic hydroxyl groups excluding tert-OH is 1. The Labute approximate surface area is 411 Å². The molecular weight excluding hydrogens is 906 g/mol. The van der Waals surface area contributed by atoms with Crippen LogP contribution in [0.4, 0.5) is 0 Å². The zero-order valence-corrected chi connectivity index (χ0v) is 44.3. The summed E-state index contributed by atoms with van der Waals surface area (Å²) in [6.45, 7) is 15.9. The summed E-state index contributed by atoms with van der Waals surface area (Å²) < 4.78 is 48.2. The number of cyclic esters (lactones) is 1. The summed E-state index contributed by atoms with van der Waals surface area (Å²) in [5, 5.41) is 23.5. The molecule has 3 heterocycles. The average molecular weight is 990 g/mol. The van der Waals surface area contributed by atoms with Gasteiger partial charge in [0.1, 0.15) is 30.1 Å². The van der Waals surface area contributed by atoms with E-state index >= 15 is 0 Å². The molecule has 0 aromatic carbocycles. The highest BCUT2D eigenvalue weighted by atomic mass is 31.2. The van der Waals surface area contributed by atoms with Crippen LogP contribution in [0, 0.1) is 35.5 Å². The van der Waals surface area contributed by atoms with Crippen molar-refractivity contribution in [2.45, 2.75) is 180 Å². The molecule has 4 aliphatic rings. The second-order valence-electron chi connectivity index (χ2n) is 20.9.